The number of benzene rings is 2. The van der Waals surface area contributed by atoms with Crippen LogP contribution in [0.15, 0.2) is 47.4 Å². The van der Waals surface area contributed by atoms with Gasteiger partial charge in [-0.25, -0.2) is 8.42 Å². The molecule has 5 nitrogen and oxygen atoms in total. The molecule has 0 heterocycles. The summed E-state index contributed by atoms with van der Waals surface area (Å²) in [5.41, 5.74) is 0.483. The Morgan fingerprint density at radius 2 is 1.83 bits per heavy atom. The monoisotopic (exact) mass is 387 g/mol. The van der Waals surface area contributed by atoms with E-state index in [2.05, 4.69) is 5.32 Å². The normalized spacial score (nSPS) is 11.1. The number of methoxy groups -OCH3 is 1. The minimum absolute atomic E-state index is 0.0296. The van der Waals surface area contributed by atoms with E-state index in [4.69, 9.17) is 27.9 Å². The molecule has 0 bridgehead atoms. The van der Waals surface area contributed by atoms with Crippen molar-refractivity contribution < 1.29 is 17.9 Å². The Morgan fingerprint density at radius 1 is 1.12 bits per heavy atom. The second-order valence-electron chi connectivity index (χ2n) is 4.89. The summed E-state index contributed by atoms with van der Waals surface area (Å²) in [6.07, 6.45) is -0.194. The number of carbonyl (C=O) groups is 1. The van der Waals surface area contributed by atoms with Gasteiger partial charge in [-0.05, 0) is 30.3 Å². The van der Waals surface area contributed by atoms with Crippen LogP contribution in [0.25, 0.3) is 0 Å². The zero-order chi connectivity index (χ0) is 17.7. The Kier molecular flexibility index (Phi) is 6.10. The molecule has 2 aromatic carbocycles. The first kappa shape index (κ1) is 18.6. The van der Waals surface area contributed by atoms with Crippen LogP contribution in [0.3, 0.4) is 0 Å². The van der Waals surface area contributed by atoms with Crippen LogP contribution >= 0.6 is 23.2 Å². The van der Waals surface area contributed by atoms with E-state index in [1.165, 1.54) is 25.3 Å². The van der Waals surface area contributed by atoms with Crippen molar-refractivity contribution in [3.63, 3.8) is 0 Å². The number of carbonyl (C=O) groups excluding carboxylic acids is 1. The maximum absolute atomic E-state index is 12.3. The van der Waals surface area contributed by atoms with Crippen molar-refractivity contribution in [3.8, 4) is 5.75 Å². The molecule has 0 unspecified atom stereocenters. The van der Waals surface area contributed by atoms with Crippen molar-refractivity contribution >= 4 is 44.6 Å². The zero-order valence-electron chi connectivity index (χ0n) is 12.8. The Bertz CT molecular complexity index is 853. The summed E-state index contributed by atoms with van der Waals surface area (Å²) in [5.74, 6) is -0.271. The van der Waals surface area contributed by atoms with E-state index < -0.39 is 15.7 Å². The molecule has 0 spiro atoms. The molecule has 0 aliphatic heterocycles. The molecule has 0 atom stereocenters. The minimum Gasteiger partial charge on any atom is -0.495 e. The fraction of sp³-hybridized carbons (Fsp3) is 0.188. The van der Waals surface area contributed by atoms with Crippen molar-refractivity contribution in [1.29, 1.82) is 0 Å². The molecule has 0 fully saturated rings. The number of halogens is 2. The highest BCUT2D eigenvalue weighted by molar-refractivity contribution is 7.91. The van der Waals surface area contributed by atoms with Crippen LogP contribution in [0.2, 0.25) is 10.0 Å². The highest BCUT2D eigenvalue weighted by atomic mass is 35.5. The Hall–Kier alpha value is -1.76. The van der Waals surface area contributed by atoms with Gasteiger partial charge in [0.25, 0.3) is 0 Å². The maximum atomic E-state index is 12.3. The number of nitrogens with one attached hydrogen (secondary N) is 1. The van der Waals surface area contributed by atoms with E-state index in [1.54, 1.807) is 24.3 Å². The van der Waals surface area contributed by atoms with Crippen LogP contribution in [-0.4, -0.2) is 27.2 Å². The Balaban J connectivity index is 2.03. The van der Waals surface area contributed by atoms with Crippen LogP contribution in [0.5, 0.6) is 5.75 Å². The quantitative estimate of drug-likeness (QED) is 0.817. The van der Waals surface area contributed by atoms with Crippen LogP contribution in [0.4, 0.5) is 5.69 Å². The molecule has 1 amide bonds. The molecule has 2 aromatic rings. The second kappa shape index (κ2) is 7.88. The summed E-state index contributed by atoms with van der Waals surface area (Å²) >= 11 is 11.6. The predicted octanol–water partition coefficient (Wildman–Crippen LogP) is 3.80. The first-order valence-electron chi connectivity index (χ1n) is 6.94. The number of sulfone groups is 1. The molecule has 0 saturated heterocycles. The van der Waals surface area contributed by atoms with E-state index in [9.17, 15) is 13.2 Å². The van der Waals surface area contributed by atoms with Crippen molar-refractivity contribution in [3.05, 3.63) is 52.5 Å². The summed E-state index contributed by atoms with van der Waals surface area (Å²) < 4.78 is 29.7. The van der Waals surface area contributed by atoms with Gasteiger partial charge in [0, 0.05) is 6.42 Å². The second-order valence-corrected chi connectivity index (χ2v) is 7.82. The molecular weight excluding hydrogens is 373 g/mol. The van der Waals surface area contributed by atoms with Crippen LogP contribution in [0, 0.1) is 0 Å². The number of para-hydroxylation sites is 2. The van der Waals surface area contributed by atoms with Crippen molar-refractivity contribution in [2.24, 2.45) is 0 Å². The van der Waals surface area contributed by atoms with Gasteiger partial charge in [0.1, 0.15) is 5.75 Å². The smallest absolute Gasteiger partial charge is 0.225 e. The lowest BCUT2D eigenvalue weighted by molar-refractivity contribution is -0.115. The van der Waals surface area contributed by atoms with Crippen LogP contribution in [-0.2, 0) is 14.6 Å². The summed E-state index contributed by atoms with van der Waals surface area (Å²) in [6, 6.07) is 10.9. The molecule has 24 heavy (non-hydrogen) atoms. The van der Waals surface area contributed by atoms with Gasteiger partial charge in [0.15, 0.2) is 9.84 Å². The average molecular weight is 388 g/mol. The summed E-state index contributed by atoms with van der Waals surface area (Å²) in [6.45, 7) is 0. The lowest BCUT2D eigenvalue weighted by Gasteiger charge is -2.10. The molecule has 8 heteroatoms. The Labute approximate surface area is 150 Å². The van der Waals surface area contributed by atoms with E-state index in [1.807, 2.05) is 0 Å². The standard InChI is InChI=1S/C16H15Cl2NO4S/c1-23-15-5-3-2-4-14(15)19-16(20)8-9-24(21,22)11-6-7-12(17)13(18)10-11/h2-7,10H,8-9H2,1H3,(H,19,20). The average Bonchev–Trinajstić information content (AvgIpc) is 2.56. The molecule has 128 valence electrons. The topological polar surface area (TPSA) is 72.5 Å². The Morgan fingerprint density at radius 3 is 2.50 bits per heavy atom. The summed E-state index contributed by atoms with van der Waals surface area (Å²) in [4.78, 5) is 12.0. The number of hydrogen-bond acceptors (Lipinski definition) is 4. The molecule has 0 radical (unpaired) electrons. The highest BCUT2D eigenvalue weighted by Gasteiger charge is 2.18. The first-order valence-corrected chi connectivity index (χ1v) is 9.35. The summed E-state index contributed by atoms with van der Waals surface area (Å²) in [5, 5.41) is 3.05. The molecule has 0 aliphatic carbocycles. The number of amides is 1. The largest absolute Gasteiger partial charge is 0.495 e. The van der Waals surface area contributed by atoms with E-state index in [0.717, 1.165) is 0 Å². The summed E-state index contributed by atoms with van der Waals surface area (Å²) in [7, 11) is -2.15. The lowest BCUT2D eigenvalue weighted by atomic mass is 10.3. The minimum atomic E-state index is -3.64. The molecule has 1 N–H and O–H groups in total. The number of rotatable bonds is 6. The number of anilines is 1. The van der Waals surface area contributed by atoms with Crippen LogP contribution < -0.4 is 10.1 Å². The van der Waals surface area contributed by atoms with Crippen molar-refractivity contribution in [2.45, 2.75) is 11.3 Å². The fourth-order valence-electron chi connectivity index (χ4n) is 1.98. The van der Waals surface area contributed by atoms with E-state index >= 15 is 0 Å². The van der Waals surface area contributed by atoms with Gasteiger partial charge in [-0.1, -0.05) is 35.3 Å². The highest BCUT2D eigenvalue weighted by Crippen LogP contribution is 2.26. The SMILES string of the molecule is COc1ccccc1NC(=O)CCS(=O)(=O)c1ccc(Cl)c(Cl)c1. The lowest BCUT2D eigenvalue weighted by Crippen LogP contribution is -2.17. The van der Waals surface area contributed by atoms with Gasteiger partial charge in [0.05, 0.1) is 33.5 Å². The molecule has 0 aromatic heterocycles. The third kappa shape index (κ3) is 4.63. The van der Waals surface area contributed by atoms with Gasteiger partial charge in [0.2, 0.25) is 5.91 Å². The van der Waals surface area contributed by atoms with Gasteiger partial charge < -0.3 is 10.1 Å². The van der Waals surface area contributed by atoms with Gasteiger partial charge >= 0.3 is 0 Å². The third-order valence-electron chi connectivity index (χ3n) is 3.23. The van der Waals surface area contributed by atoms with Gasteiger partial charge in [-0.3, -0.25) is 4.79 Å². The fourth-order valence-corrected chi connectivity index (χ4v) is 3.60. The van der Waals surface area contributed by atoms with E-state index in [0.29, 0.717) is 11.4 Å². The number of ether oxygens (including phenoxy) is 1. The third-order valence-corrected chi connectivity index (χ3v) is 5.68. The first-order chi connectivity index (χ1) is 11.3. The molecule has 2 rings (SSSR count). The maximum Gasteiger partial charge on any atom is 0.225 e. The van der Waals surface area contributed by atoms with Crippen molar-refractivity contribution in [2.75, 3.05) is 18.2 Å². The number of hydrogen-bond donors (Lipinski definition) is 1. The van der Waals surface area contributed by atoms with Crippen LogP contribution in [0.1, 0.15) is 6.42 Å². The van der Waals surface area contributed by atoms with E-state index in [-0.39, 0.29) is 27.1 Å². The zero-order valence-corrected chi connectivity index (χ0v) is 15.1. The predicted molar refractivity (Wildman–Crippen MR) is 94.8 cm³/mol. The van der Waals surface area contributed by atoms with Gasteiger partial charge in [-0.15, -0.1) is 0 Å². The molecule has 0 aliphatic rings. The molecule has 0 saturated carbocycles. The molecular formula is C16H15Cl2NO4S. The van der Waals surface area contributed by atoms with Gasteiger partial charge in [-0.2, -0.15) is 0 Å². The van der Waals surface area contributed by atoms with Crippen molar-refractivity contribution in [1.82, 2.24) is 0 Å².